The second-order valence-electron chi connectivity index (χ2n) is 3.12. The number of aryl methyl sites for hydroxylation is 1. The molecule has 1 aliphatic heterocycles. The topological polar surface area (TPSA) is 77.1 Å². The van der Waals surface area contributed by atoms with Crippen molar-refractivity contribution < 1.29 is 8.76 Å². The van der Waals surface area contributed by atoms with E-state index in [4.69, 9.17) is 0 Å². The standard InChI is InChI=1S/C8H11N3O2S/c12-14(13)11-8-2-1-6-5-9-4-3-7(6)10-8/h3-5,8,10-11H,1-2H2,(H,12,13)/p-1. The normalized spacial score (nSPS) is 22.2. The molecule has 2 unspecified atom stereocenters. The summed E-state index contributed by atoms with van der Waals surface area (Å²) in [7, 11) is 0. The third-order valence-electron chi connectivity index (χ3n) is 2.17. The van der Waals surface area contributed by atoms with Crippen molar-refractivity contribution in [2.24, 2.45) is 0 Å². The molecule has 0 saturated carbocycles. The quantitative estimate of drug-likeness (QED) is 0.684. The fraction of sp³-hybridized carbons (Fsp3) is 0.375. The molecule has 0 amide bonds. The van der Waals surface area contributed by atoms with Crippen LogP contribution in [0, 0.1) is 0 Å². The lowest BCUT2D eigenvalue weighted by Crippen LogP contribution is -2.40. The Morgan fingerprint density at radius 2 is 2.57 bits per heavy atom. The summed E-state index contributed by atoms with van der Waals surface area (Å²) >= 11 is -2.22. The van der Waals surface area contributed by atoms with E-state index in [2.05, 4.69) is 15.0 Å². The second kappa shape index (κ2) is 4.04. The predicted octanol–water partition coefficient (Wildman–Crippen LogP) is 0.149. The molecule has 0 aliphatic carbocycles. The Morgan fingerprint density at radius 3 is 3.36 bits per heavy atom. The van der Waals surface area contributed by atoms with E-state index in [9.17, 15) is 8.76 Å². The minimum absolute atomic E-state index is 0.205. The molecule has 0 fully saturated rings. The maximum atomic E-state index is 10.4. The highest BCUT2D eigenvalue weighted by Gasteiger charge is 2.16. The molecular weight excluding hydrogens is 202 g/mol. The smallest absolute Gasteiger partial charge is 0.0875 e. The first kappa shape index (κ1) is 9.57. The first-order valence-electron chi connectivity index (χ1n) is 4.30. The van der Waals surface area contributed by atoms with Crippen LogP contribution in [0.1, 0.15) is 12.0 Å². The molecule has 0 spiro atoms. The van der Waals surface area contributed by atoms with Crippen molar-refractivity contribution >= 4 is 17.0 Å². The van der Waals surface area contributed by atoms with Crippen LogP contribution in [0.15, 0.2) is 18.5 Å². The van der Waals surface area contributed by atoms with Crippen LogP contribution in [0.5, 0.6) is 0 Å². The molecule has 2 N–H and O–H groups in total. The summed E-state index contributed by atoms with van der Waals surface area (Å²) in [5, 5.41) is 3.08. The number of rotatable bonds is 2. The molecule has 14 heavy (non-hydrogen) atoms. The van der Waals surface area contributed by atoms with Crippen molar-refractivity contribution in [3.8, 4) is 0 Å². The maximum Gasteiger partial charge on any atom is 0.0875 e. The first-order valence-corrected chi connectivity index (χ1v) is 5.38. The van der Waals surface area contributed by atoms with Crippen molar-refractivity contribution in [1.29, 1.82) is 0 Å². The van der Waals surface area contributed by atoms with Crippen LogP contribution in [-0.4, -0.2) is 19.9 Å². The zero-order chi connectivity index (χ0) is 9.97. The highest BCUT2D eigenvalue weighted by molar-refractivity contribution is 7.77. The van der Waals surface area contributed by atoms with E-state index in [0.717, 1.165) is 24.1 Å². The number of nitrogens with one attached hydrogen (secondary N) is 2. The number of hydrogen-bond donors (Lipinski definition) is 2. The Bertz CT molecular complexity index is 358. The molecule has 0 saturated heterocycles. The van der Waals surface area contributed by atoms with E-state index >= 15 is 0 Å². The molecule has 0 aromatic carbocycles. The average molecular weight is 212 g/mol. The number of pyridine rings is 1. The van der Waals surface area contributed by atoms with Gasteiger partial charge in [-0.05, 0) is 24.5 Å². The number of aromatic nitrogens is 1. The summed E-state index contributed by atoms with van der Waals surface area (Å²) in [4.78, 5) is 4.00. The third-order valence-corrected chi connectivity index (χ3v) is 2.65. The highest BCUT2D eigenvalue weighted by Crippen LogP contribution is 2.22. The van der Waals surface area contributed by atoms with Crippen LogP contribution in [0.25, 0.3) is 0 Å². The van der Waals surface area contributed by atoms with Gasteiger partial charge >= 0.3 is 0 Å². The molecular formula is C8H10N3O2S-. The van der Waals surface area contributed by atoms with Crippen LogP contribution in [0.4, 0.5) is 5.69 Å². The van der Waals surface area contributed by atoms with E-state index in [1.807, 2.05) is 6.07 Å². The molecule has 1 aromatic rings. The molecule has 5 nitrogen and oxygen atoms in total. The second-order valence-corrected chi connectivity index (χ2v) is 3.83. The Labute approximate surface area is 84.4 Å². The average Bonchev–Trinajstić information content (AvgIpc) is 2.17. The summed E-state index contributed by atoms with van der Waals surface area (Å²) in [6.07, 6.45) is 4.86. The molecule has 2 heterocycles. The highest BCUT2D eigenvalue weighted by atomic mass is 32.2. The lowest BCUT2D eigenvalue weighted by molar-refractivity contribution is 0.500. The van der Waals surface area contributed by atoms with Gasteiger partial charge < -0.3 is 9.87 Å². The van der Waals surface area contributed by atoms with Crippen molar-refractivity contribution in [2.45, 2.75) is 19.0 Å². The van der Waals surface area contributed by atoms with Gasteiger partial charge in [0.25, 0.3) is 0 Å². The Kier molecular flexibility index (Phi) is 2.76. The van der Waals surface area contributed by atoms with Crippen molar-refractivity contribution in [2.75, 3.05) is 5.32 Å². The summed E-state index contributed by atoms with van der Waals surface area (Å²) in [5.41, 5.74) is 2.08. The van der Waals surface area contributed by atoms with E-state index in [0.29, 0.717) is 0 Å². The first-order chi connectivity index (χ1) is 6.75. The third kappa shape index (κ3) is 2.09. The molecule has 1 aliphatic rings. The lowest BCUT2D eigenvalue weighted by atomic mass is 10.0. The van der Waals surface area contributed by atoms with Gasteiger partial charge in [-0.15, -0.1) is 0 Å². The molecule has 2 atom stereocenters. The minimum atomic E-state index is -2.22. The fourth-order valence-corrected chi connectivity index (χ4v) is 1.94. The van der Waals surface area contributed by atoms with Gasteiger partial charge in [-0.1, -0.05) is 0 Å². The van der Waals surface area contributed by atoms with E-state index in [-0.39, 0.29) is 6.17 Å². The van der Waals surface area contributed by atoms with Gasteiger partial charge in [-0.3, -0.25) is 9.19 Å². The molecule has 1 aromatic heterocycles. The van der Waals surface area contributed by atoms with E-state index in [1.54, 1.807) is 12.4 Å². The van der Waals surface area contributed by atoms with Gasteiger partial charge in [0.15, 0.2) is 0 Å². The van der Waals surface area contributed by atoms with Gasteiger partial charge in [0.05, 0.1) is 6.17 Å². The monoisotopic (exact) mass is 212 g/mol. The predicted molar refractivity (Wildman–Crippen MR) is 52.0 cm³/mol. The SMILES string of the molecule is O=S([O-])NC1CCc2cnccc2N1. The van der Waals surface area contributed by atoms with Gasteiger partial charge in [0, 0.05) is 29.3 Å². The summed E-state index contributed by atoms with van der Waals surface area (Å²) in [6, 6.07) is 1.84. The molecule has 76 valence electrons. The summed E-state index contributed by atoms with van der Waals surface area (Å²) < 4.78 is 23.2. The minimum Gasteiger partial charge on any atom is -0.760 e. The molecule has 2 rings (SSSR count). The van der Waals surface area contributed by atoms with E-state index < -0.39 is 11.3 Å². The van der Waals surface area contributed by atoms with Gasteiger partial charge in [-0.2, -0.15) is 0 Å². The Hall–Kier alpha value is -0.980. The van der Waals surface area contributed by atoms with Gasteiger partial charge in [0.2, 0.25) is 0 Å². The number of hydrogen-bond acceptors (Lipinski definition) is 4. The summed E-state index contributed by atoms with van der Waals surface area (Å²) in [5.74, 6) is 0. The van der Waals surface area contributed by atoms with E-state index in [1.165, 1.54) is 0 Å². The van der Waals surface area contributed by atoms with Crippen LogP contribution >= 0.6 is 0 Å². The largest absolute Gasteiger partial charge is 0.760 e. The molecule has 0 bridgehead atoms. The number of nitrogens with zero attached hydrogens (tertiary/aromatic N) is 1. The van der Waals surface area contributed by atoms with Crippen LogP contribution in [0.3, 0.4) is 0 Å². The van der Waals surface area contributed by atoms with Crippen molar-refractivity contribution in [3.63, 3.8) is 0 Å². The van der Waals surface area contributed by atoms with Crippen LogP contribution in [-0.2, 0) is 17.7 Å². The number of fused-ring (bicyclic) bond motifs is 1. The number of anilines is 1. The molecule has 6 heteroatoms. The van der Waals surface area contributed by atoms with Crippen molar-refractivity contribution in [3.05, 3.63) is 24.0 Å². The van der Waals surface area contributed by atoms with Crippen LogP contribution < -0.4 is 10.0 Å². The van der Waals surface area contributed by atoms with Gasteiger partial charge in [-0.25, -0.2) is 4.72 Å². The fourth-order valence-electron chi connectivity index (χ4n) is 1.53. The van der Waals surface area contributed by atoms with Crippen LogP contribution in [0.2, 0.25) is 0 Å². The zero-order valence-electron chi connectivity index (χ0n) is 7.40. The Morgan fingerprint density at radius 1 is 1.71 bits per heavy atom. The lowest BCUT2D eigenvalue weighted by Gasteiger charge is -2.27. The Balaban J connectivity index is 2.09. The maximum absolute atomic E-state index is 10.4. The van der Waals surface area contributed by atoms with Gasteiger partial charge in [0.1, 0.15) is 0 Å². The zero-order valence-corrected chi connectivity index (χ0v) is 8.21. The van der Waals surface area contributed by atoms with Crippen molar-refractivity contribution in [1.82, 2.24) is 9.71 Å². The molecule has 0 radical (unpaired) electrons. The summed E-state index contributed by atoms with van der Waals surface area (Å²) in [6.45, 7) is 0.